The number of nitrogens with two attached hydrogens (primary N) is 1. The van der Waals surface area contributed by atoms with Crippen molar-refractivity contribution < 1.29 is 4.79 Å². The molecule has 2 unspecified atom stereocenters. The third-order valence-corrected chi connectivity index (χ3v) is 2.82. The lowest BCUT2D eigenvalue weighted by Gasteiger charge is -2.35. The fourth-order valence-corrected chi connectivity index (χ4v) is 2.13. The maximum absolute atomic E-state index is 11.6. The van der Waals surface area contributed by atoms with Crippen molar-refractivity contribution in [1.29, 1.82) is 0 Å². The number of rotatable bonds is 2. The average molecular weight is 184 g/mol. The standard InChI is InChI=1S/C10H20N2O/c1-3-12-9(13)10(11)6-4-5-8(2)7-10/h8H,3-7,11H2,1-2H3,(H,12,13). The number of likely N-dealkylation sites (N-methyl/N-ethyl adjacent to an activating group) is 1. The Morgan fingerprint density at radius 2 is 2.38 bits per heavy atom. The first-order chi connectivity index (χ1) is 6.08. The van der Waals surface area contributed by atoms with Crippen LogP contribution >= 0.6 is 0 Å². The zero-order valence-electron chi connectivity index (χ0n) is 8.60. The first kappa shape index (κ1) is 10.5. The summed E-state index contributed by atoms with van der Waals surface area (Å²) >= 11 is 0. The minimum atomic E-state index is -0.590. The maximum Gasteiger partial charge on any atom is 0.240 e. The van der Waals surface area contributed by atoms with E-state index >= 15 is 0 Å². The van der Waals surface area contributed by atoms with Gasteiger partial charge in [-0.2, -0.15) is 0 Å². The second kappa shape index (κ2) is 4.09. The predicted octanol–water partition coefficient (Wildman–Crippen LogP) is 1.03. The molecule has 0 bridgehead atoms. The smallest absolute Gasteiger partial charge is 0.240 e. The molecule has 76 valence electrons. The van der Waals surface area contributed by atoms with Gasteiger partial charge in [0.2, 0.25) is 5.91 Å². The summed E-state index contributed by atoms with van der Waals surface area (Å²) in [5.74, 6) is 0.614. The van der Waals surface area contributed by atoms with E-state index in [0.29, 0.717) is 12.5 Å². The van der Waals surface area contributed by atoms with Gasteiger partial charge in [0.1, 0.15) is 0 Å². The van der Waals surface area contributed by atoms with Crippen LogP contribution in [0, 0.1) is 5.92 Å². The van der Waals surface area contributed by atoms with Gasteiger partial charge in [0, 0.05) is 6.54 Å². The van der Waals surface area contributed by atoms with E-state index in [1.807, 2.05) is 6.92 Å². The van der Waals surface area contributed by atoms with Crippen LogP contribution in [0.2, 0.25) is 0 Å². The van der Waals surface area contributed by atoms with Gasteiger partial charge in [0.15, 0.2) is 0 Å². The van der Waals surface area contributed by atoms with Crippen molar-refractivity contribution in [3.05, 3.63) is 0 Å². The van der Waals surface area contributed by atoms with Gasteiger partial charge in [0.25, 0.3) is 0 Å². The highest BCUT2D eigenvalue weighted by molar-refractivity contribution is 5.86. The molecule has 0 radical (unpaired) electrons. The number of amides is 1. The van der Waals surface area contributed by atoms with Crippen LogP contribution in [0.25, 0.3) is 0 Å². The molecular formula is C10H20N2O. The van der Waals surface area contributed by atoms with Gasteiger partial charge in [-0.3, -0.25) is 4.79 Å². The number of carbonyl (C=O) groups is 1. The van der Waals surface area contributed by atoms with E-state index in [0.717, 1.165) is 19.3 Å². The van der Waals surface area contributed by atoms with Gasteiger partial charge >= 0.3 is 0 Å². The largest absolute Gasteiger partial charge is 0.355 e. The minimum Gasteiger partial charge on any atom is -0.355 e. The van der Waals surface area contributed by atoms with E-state index in [9.17, 15) is 4.79 Å². The van der Waals surface area contributed by atoms with Crippen molar-refractivity contribution in [3.63, 3.8) is 0 Å². The van der Waals surface area contributed by atoms with E-state index < -0.39 is 5.54 Å². The van der Waals surface area contributed by atoms with Crippen LogP contribution < -0.4 is 11.1 Å². The molecule has 3 N–H and O–H groups in total. The second-order valence-corrected chi connectivity index (χ2v) is 4.22. The molecule has 0 heterocycles. The minimum absolute atomic E-state index is 0.0292. The zero-order valence-corrected chi connectivity index (χ0v) is 8.60. The summed E-state index contributed by atoms with van der Waals surface area (Å²) in [5.41, 5.74) is 5.48. The molecule has 13 heavy (non-hydrogen) atoms. The zero-order chi connectivity index (χ0) is 9.90. The molecule has 0 aromatic carbocycles. The van der Waals surface area contributed by atoms with Gasteiger partial charge in [-0.05, 0) is 25.7 Å². The van der Waals surface area contributed by atoms with Crippen LogP contribution in [0.4, 0.5) is 0 Å². The molecule has 0 aromatic heterocycles. The van der Waals surface area contributed by atoms with Gasteiger partial charge in [-0.25, -0.2) is 0 Å². The number of nitrogens with one attached hydrogen (secondary N) is 1. The van der Waals surface area contributed by atoms with Crippen LogP contribution in [0.1, 0.15) is 39.5 Å². The molecular weight excluding hydrogens is 164 g/mol. The van der Waals surface area contributed by atoms with E-state index in [1.165, 1.54) is 6.42 Å². The highest BCUT2D eigenvalue weighted by Gasteiger charge is 2.37. The van der Waals surface area contributed by atoms with Crippen LogP contribution in [-0.2, 0) is 4.79 Å². The summed E-state index contributed by atoms with van der Waals surface area (Å²) in [4.78, 5) is 11.6. The second-order valence-electron chi connectivity index (χ2n) is 4.22. The lowest BCUT2D eigenvalue weighted by molar-refractivity contribution is -0.127. The number of hydrogen-bond acceptors (Lipinski definition) is 2. The summed E-state index contributed by atoms with van der Waals surface area (Å²) in [7, 11) is 0. The van der Waals surface area contributed by atoms with Crippen LogP contribution in [0.5, 0.6) is 0 Å². The van der Waals surface area contributed by atoms with Gasteiger partial charge in [-0.1, -0.05) is 19.8 Å². The third-order valence-electron chi connectivity index (χ3n) is 2.82. The lowest BCUT2D eigenvalue weighted by Crippen LogP contribution is -2.56. The van der Waals surface area contributed by atoms with E-state index in [-0.39, 0.29) is 5.91 Å². The average Bonchev–Trinajstić information content (AvgIpc) is 2.04. The Bertz CT molecular complexity index is 193. The summed E-state index contributed by atoms with van der Waals surface area (Å²) < 4.78 is 0. The van der Waals surface area contributed by atoms with Crippen molar-refractivity contribution in [2.75, 3.05) is 6.54 Å². The van der Waals surface area contributed by atoms with Crippen LogP contribution in [0.15, 0.2) is 0 Å². The highest BCUT2D eigenvalue weighted by atomic mass is 16.2. The quantitative estimate of drug-likeness (QED) is 0.673. The van der Waals surface area contributed by atoms with Crippen molar-refractivity contribution in [2.45, 2.75) is 45.1 Å². The van der Waals surface area contributed by atoms with Crippen molar-refractivity contribution in [2.24, 2.45) is 11.7 Å². The molecule has 0 spiro atoms. The Morgan fingerprint density at radius 3 is 2.92 bits per heavy atom. The fraction of sp³-hybridized carbons (Fsp3) is 0.900. The van der Waals surface area contributed by atoms with Crippen molar-refractivity contribution in [1.82, 2.24) is 5.32 Å². The van der Waals surface area contributed by atoms with Gasteiger partial charge in [0.05, 0.1) is 5.54 Å². The van der Waals surface area contributed by atoms with Crippen LogP contribution in [-0.4, -0.2) is 18.0 Å². The molecule has 1 aliphatic carbocycles. The molecule has 1 amide bonds. The van der Waals surface area contributed by atoms with Crippen LogP contribution in [0.3, 0.4) is 0 Å². The molecule has 3 heteroatoms. The molecule has 3 nitrogen and oxygen atoms in total. The van der Waals surface area contributed by atoms with Crippen molar-refractivity contribution in [3.8, 4) is 0 Å². The first-order valence-corrected chi connectivity index (χ1v) is 5.15. The molecule has 0 saturated heterocycles. The SMILES string of the molecule is CCNC(=O)C1(N)CCCC(C)C1. The molecule has 0 aliphatic heterocycles. The summed E-state index contributed by atoms with van der Waals surface area (Å²) in [6.45, 7) is 4.76. The summed E-state index contributed by atoms with van der Waals surface area (Å²) in [6.07, 6.45) is 3.95. The van der Waals surface area contributed by atoms with E-state index in [1.54, 1.807) is 0 Å². The normalized spacial score (nSPS) is 34.2. The summed E-state index contributed by atoms with van der Waals surface area (Å²) in [6, 6.07) is 0. The fourth-order valence-electron chi connectivity index (χ4n) is 2.13. The Balaban J connectivity index is 2.57. The lowest BCUT2D eigenvalue weighted by atomic mass is 9.76. The molecule has 1 rings (SSSR count). The van der Waals surface area contributed by atoms with Crippen molar-refractivity contribution >= 4 is 5.91 Å². The van der Waals surface area contributed by atoms with Gasteiger partial charge in [-0.15, -0.1) is 0 Å². The monoisotopic (exact) mass is 184 g/mol. The molecule has 1 aliphatic rings. The number of hydrogen-bond donors (Lipinski definition) is 2. The molecule has 2 atom stereocenters. The summed E-state index contributed by atoms with van der Waals surface area (Å²) in [5, 5.41) is 2.81. The predicted molar refractivity (Wildman–Crippen MR) is 53.2 cm³/mol. The Morgan fingerprint density at radius 1 is 1.69 bits per heavy atom. The maximum atomic E-state index is 11.6. The Hall–Kier alpha value is -0.570. The van der Waals surface area contributed by atoms with E-state index in [4.69, 9.17) is 5.73 Å². The van der Waals surface area contributed by atoms with Gasteiger partial charge < -0.3 is 11.1 Å². The molecule has 1 fully saturated rings. The number of carbonyl (C=O) groups excluding carboxylic acids is 1. The highest BCUT2D eigenvalue weighted by Crippen LogP contribution is 2.30. The Labute approximate surface area is 80.1 Å². The topological polar surface area (TPSA) is 55.1 Å². The van der Waals surface area contributed by atoms with E-state index in [2.05, 4.69) is 12.2 Å². The first-order valence-electron chi connectivity index (χ1n) is 5.15. The molecule has 1 saturated carbocycles. The Kier molecular flexibility index (Phi) is 3.31. The third kappa shape index (κ3) is 2.44. The molecule has 0 aromatic rings.